The summed E-state index contributed by atoms with van der Waals surface area (Å²) in [7, 11) is 1.82. The number of aromatic nitrogens is 2. The van der Waals surface area contributed by atoms with Gasteiger partial charge in [0.05, 0.1) is 0 Å². The molecule has 0 aliphatic carbocycles. The van der Waals surface area contributed by atoms with Crippen molar-refractivity contribution in [3.63, 3.8) is 0 Å². The molecule has 0 spiro atoms. The van der Waals surface area contributed by atoms with E-state index in [9.17, 15) is 0 Å². The predicted molar refractivity (Wildman–Crippen MR) is 61.1 cm³/mol. The Labute approximate surface area is 90.0 Å². The Morgan fingerprint density at radius 1 is 1.40 bits per heavy atom. The smallest absolute Gasteiger partial charge is 0.132 e. The SMILES string of the molecule is CNc1cc(NC(C)CCO)nc(C)n1. The summed E-state index contributed by atoms with van der Waals surface area (Å²) >= 11 is 0. The van der Waals surface area contributed by atoms with Crippen molar-refractivity contribution >= 4 is 11.6 Å². The van der Waals surface area contributed by atoms with Crippen molar-refractivity contribution in [3.05, 3.63) is 11.9 Å². The lowest BCUT2D eigenvalue weighted by Crippen LogP contribution is -2.18. The van der Waals surface area contributed by atoms with Gasteiger partial charge in [-0.2, -0.15) is 0 Å². The quantitative estimate of drug-likeness (QED) is 0.676. The number of nitrogens with one attached hydrogen (secondary N) is 2. The molecule has 5 heteroatoms. The first-order valence-corrected chi connectivity index (χ1v) is 5.06. The first-order valence-electron chi connectivity index (χ1n) is 5.06. The summed E-state index contributed by atoms with van der Waals surface area (Å²) in [6, 6.07) is 2.05. The first kappa shape index (κ1) is 11.7. The van der Waals surface area contributed by atoms with Crippen molar-refractivity contribution in [1.29, 1.82) is 0 Å². The van der Waals surface area contributed by atoms with Crippen LogP contribution in [-0.2, 0) is 0 Å². The molecule has 84 valence electrons. The summed E-state index contributed by atoms with van der Waals surface area (Å²) in [5.74, 6) is 2.30. The maximum Gasteiger partial charge on any atom is 0.132 e. The molecule has 0 saturated carbocycles. The Kier molecular flexibility index (Phi) is 4.30. The van der Waals surface area contributed by atoms with E-state index in [4.69, 9.17) is 5.11 Å². The Bertz CT molecular complexity index is 316. The molecule has 1 atom stereocenters. The molecule has 3 N–H and O–H groups in total. The van der Waals surface area contributed by atoms with Crippen molar-refractivity contribution in [3.8, 4) is 0 Å². The Morgan fingerprint density at radius 3 is 2.67 bits per heavy atom. The number of hydrogen-bond donors (Lipinski definition) is 3. The molecule has 0 radical (unpaired) electrons. The van der Waals surface area contributed by atoms with E-state index in [0.717, 1.165) is 17.5 Å². The van der Waals surface area contributed by atoms with Crippen LogP contribution in [0.15, 0.2) is 6.07 Å². The van der Waals surface area contributed by atoms with Crippen LogP contribution in [0, 0.1) is 6.92 Å². The van der Waals surface area contributed by atoms with Gasteiger partial charge in [0.2, 0.25) is 0 Å². The van der Waals surface area contributed by atoms with Gasteiger partial charge in [-0.1, -0.05) is 0 Å². The number of nitrogens with zero attached hydrogens (tertiary/aromatic N) is 2. The van der Waals surface area contributed by atoms with Gasteiger partial charge in [0.1, 0.15) is 17.5 Å². The van der Waals surface area contributed by atoms with Gasteiger partial charge in [-0.3, -0.25) is 0 Å². The molecule has 5 nitrogen and oxygen atoms in total. The van der Waals surface area contributed by atoms with Crippen LogP contribution in [0.1, 0.15) is 19.2 Å². The molecule has 0 saturated heterocycles. The third-order valence-corrected chi connectivity index (χ3v) is 2.05. The zero-order valence-electron chi connectivity index (χ0n) is 9.41. The van der Waals surface area contributed by atoms with Crippen molar-refractivity contribution in [2.45, 2.75) is 26.3 Å². The van der Waals surface area contributed by atoms with Crippen molar-refractivity contribution in [2.24, 2.45) is 0 Å². The fourth-order valence-electron chi connectivity index (χ4n) is 1.29. The van der Waals surface area contributed by atoms with E-state index >= 15 is 0 Å². The molecule has 0 bridgehead atoms. The largest absolute Gasteiger partial charge is 0.396 e. The normalized spacial score (nSPS) is 12.3. The number of aliphatic hydroxyl groups excluding tert-OH is 1. The molecule has 0 aromatic carbocycles. The fraction of sp³-hybridized carbons (Fsp3) is 0.600. The predicted octanol–water partition coefficient (Wildman–Crippen LogP) is 1.01. The second kappa shape index (κ2) is 5.50. The van der Waals surface area contributed by atoms with E-state index in [-0.39, 0.29) is 12.6 Å². The van der Waals surface area contributed by atoms with Crippen LogP contribution in [0.3, 0.4) is 0 Å². The van der Waals surface area contributed by atoms with Crippen LogP contribution < -0.4 is 10.6 Å². The lowest BCUT2D eigenvalue weighted by Gasteiger charge is -2.14. The molecule has 1 heterocycles. The van der Waals surface area contributed by atoms with Crippen molar-refractivity contribution < 1.29 is 5.11 Å². The van der Waals surface area contributed by atoms with Crippen LogP contribution in [-0.4, -0.2) is 34.8 Å². The molecule has 1 aromatic rings. The van der Waals surface area contributed by atoms with E-state index < -0.39 is 0 Å². The highest BCUT2D eigenvalue weighted by Crippen LogP contribution is 2.11. The Balaban J connectivity index is 2.71. The molecule has 0 aliphatic heterocycles. The number of rotatable bonds is 5. The molecule has 0 aliphatic rings. The fourth-order valence-corrected chi connectivity index (χ4v) is 1.29. The average Bonchev–Trinajstić information content (AvgIpc) is 2.17. The number of aliphatic hydroxyl groups is 1. The van der Waals surface area contributed by atoms with Crippen molar-refractivity contribution in [1.82, 2.24) is 9.97 Å². The van der Waals surface area contributed by atoms with Gasteiger partial charge in [-0.25, -0.2) is 9.97 Å². The van der Waals surface area contributed by atoms with E-state index in [1.54, 1.807) is 0 Å². The number of anilines is 2. The molecule has 15 heavy (non-hydrogen) atoms. The van der Waals surface area contributed by atoms with Gasteiger partial charge >= 0.3 is 0 Å². The van der Waals surface area contributed by atoms with Crippen LogP contribution >= 0.6 is 0 Å². The molecule has 1 rings (SSSR count). The number of hydrogen-bond acceptors (Lipinski definition) is 5. The zero-order valence-corrected chi connectivity index (χ0v) is 9.41. The topological polar surface area (TPSA) is 70.1 Å². The van der Waals surface area contributed by atoms with E-state index in [0.29, 0.717) is 6.42 Å². The van der Waals surface area contributed by atoms with Crippen LogP contribution in [0.4, 0.5) is 11.6 Å². The Hall–Kier alpha value is -1.36. The monoisotopic (exact) mass is 210 g/mol. The minimum absolute atomic E-state index is 0.178. The highest BCUT2D eigenvalue weighted by atomic mass is 16.3. The highest BCUT2D eigenvalue weighted by molar-refractivity contribution is 5.47. The first-order chi connectivity index (χ1) is 7.15. The second-order valence-electron chi connectivity index (χ2n) is 3.49. The highest BCUT2D eigenvalue weighted by Gasteiger charge is 2.04. The summed E-state index contributed by atoms with van der Waals surface area (Å²) in [5.41, 5.74) is 0. The van der Waals surface area contributed by atoms with E-state index in [1.165, 1.54) is 0 Å². The number of aryl methyl sites for hydroxylation is 1. The van der Waals surface area contributed by atoms with Gasteiger partial charge < -0.3 is 15.7 Å². The maximum atomic E-state index is 8.78. The Morgan fingerprint density at radius 2 is 2.07 bits per heavy atom. The second-order valence-corrected chi connectivity index (χ2v) is 3.49. The van der Waals surface area contributed by atoms with E-state index in [1.807, 2.05) is 27.0 Å². The summed E-state index contributed by atoms with van der Waals surface area (Å²) in [6.45, 7) is 4.03. The lowest BCUT2D eigenvalue weighted by molar-refractivity contribution is 0.282. The molecule has 1 unspecified atom stereocenters. The summed E-state index contributed by atoms with van der Waals surface area (Å²) in [5, 5.41) is 15.0. The summed E-state index contributed by atoms with van der Waals surface area (Å²) in [4.78, 5) is 8.45. The summed E-state index contributed by atoms with van der Waals surface area (Å²) < 4.78 is 0. The third-order valence-electron chi connectivity index (χ3n) is 2.05. The molecule has 1 aromatic heterocycles. The minimum atomic E-state index is 0.178. The minimum Gasteiger partial charge on any atom is -0.396 e. The van der Waals surface area contributed by atoms with E-state index in [2.05, 4.69) is 20.6 Å². The average molecular weight is 210 g/mol. The molecular weight excluding hydrogens is 192 g/mol. The van der Waals surface area contributed by atoms with Crippen LogP contribution in [0.5, 0.6) is 0 Å². The van der Waals surface area contributed by atoms with Gasteiger partial charge in [0.25, 0.3) is 0 Å². The maximum absolute atomic E-state index is 8.78. The van der Waals surface area contributed by atoms with Gasteiger partial charge in [0.15, 0.2) is 0 Å². The zero-order chi connectivity index (χ0) is 11.3. The molecule has 0 fully saturated rings. The molecular formula is C10H18N4O. The van der Waals surface area contributed by atoms with Gasteiger partial charge in [-0.15, -0.1) is 0 Å². The van der Waals surface area contributed by atoms with Gasteiger partial charge in [0, 0.05) is 25.8 Å². The summed E-state index contributed by atoms with van der Waals surface area (Å²) in [6.07, 6.45) is 0.706. The van der Waals surface area contributed by atoms with Crippen LogP contribution in [0.25, 0.3) is 0 Å². The van der Waals surface area contributed by atoms with Crippen molar-refractivity contribution in [2.75, 3.05) is 24.3 Å². The lowest BCUT2D eigenvalue weighted by atomic mass is 10.2. The van der Waals surface area contributed by atoms with Gasteiger partial charge in [-0.05, 0) is 20.3 Å². The standard InChI is InChI=1S/C10H18N4O/c1-7(4-5-15)12-10-6-9(11-3)13-8(2)14-10/h6-7,15H,4-5H2,1-3H3,(H2,11,12,13,14). The third kappa shape index (κ3) is 3.71. The molecule has 0 amide bonds. The van der Waals surface area contributed by atoms with Crippen LogP contribution in [0.2, 0.25) is 0 Å².